The van der Waals surface area contributed by atoms with Crippen molar-refractivity contribution in [2.24, 2.45) is 5.41 Å². The maximum absolute atomic E-state index is 14.7. The third kappa shape index (κ3) is 5.87. The van der Waals surface area contributed by atoms with E-state index in [4.69, 9.17) is 11.6 Å². The van der Waals surface area contributed by atoms with E-state index in [2.05, 4.69) is 0 Å². The second kappa shape index (κ2) is 10.4. The van der Waals surface area contributed by atoms with E-state index in [1.54, 1.807) is 0 Å². The molecule has 2 heterocycles. The van der Waals surface area contributed by atoms with Crippen LogP contribution >= 0.6 is 11.6 Å². The molecule has 0 aromatic heterocycles. The van der Waals surface area contributed by atoms with E-state index < -0.39 is 52.8 Å². The van der Waals surface area contributed by atoms with Gasteiger partial charge in [-0.3, -0.25) is 14.4 Å². The van der Waals surface area contributed by atoms with Gasteiger partial charge < -0.3 is 19.8 Å². The van der Waals surface area contributed by atoms with Crippen molar-refractivity contribution in [1.82, 2.24) is 14.7 Å². The van der Waals surface area contributed by atoms with Crippen LogP contribution in [0, 0.1) is 5.41 Å². The molecule has 1 aromatic carbocycles. The number of piperazine rings is 1. The van der Waals surface area contributed by atoms with E-state index >= 15 is 0 Å². The van der Waals surface area contributed by atoms with Crippen LogP contribution in [0.15, 0.2) is 18.2 Å². The highest BCUT2D eigenvalue weighted by Gasteiger charge is 2.52. The van der Waals surface area contributed by atoms with Gasteiger partial charge in [-0.1, -0.05) is 17.7 Å². The minimum atomic E-state index is -4.60. The first-order valence-electron chi connectivity index (χ1n) is 12.4. The molecule has 0 bridgehead atoms. The van der Waals surface area contributed by atoms with Gasteiger partial charge in [-0.25, -0.2) is 4.39 Å². The number of nitrogens with zero attached hydrogens (tertiary/aromatic N) is 3. The van der Waals surface area contributed by atoms with E-state index in [1.807, 2.05) is 0 Å². The molecule has 3 aliphatic rings. The third-order valence-corrected chi connectivity index (χ3v) is 8.18. The van der Waals surface area contributed by atoms with E-state index in [9.17, 15) is 37.1 Å². The Balaban J connectivity index is 1.27. The van der Waals surface area contributed by atoms with Crippen LogP contribution in [-0.4, -0.2) is 88.6 Å². The maximum atomic E-state index is 14.7. The van der Waals surface area contributed by atoms with Gasteiger partial charge in [-0.2, -0.15) is 13.2 Å². The molecule has 7 nitrogen and oxygen atoms in total. The SMILES string of the molecule is C[C@H]1C(=O)N(CC[C@H](F)C(=O)N2CCC3(CC3)[C@H](O)C2)CCN1C(=O)Cc1ccc(C(F)(F)F)c(Cl)c1. The zero-order valence-corrected chi connectivity index (χ0v) is 21.2. The Bertz CT molecular complexity index is 1060. The predicted octanol–water partition coefficient (Wildman–Crippen LogP) is 3.06. The number of alkyl halides is 4. The van der Waals surface area contributed by atoms with Crippen LogP contribution in [0.3, 0.4) is 0 Å². The van der Waals surface area contributed by atoms with Crippen molar-refractivity contribution in [3.05, 3.63) is 34.3 Å². The summed E-state index contributed by atoms with van der Waals surface area (Å²) in [4.78, 5) is 42.3. The number of halogens is 5. The molecule has 2 aliphatic heterocycles. The van der Waals surface area contributed by atoms with Crippen LogP contribution in [0.4, 0.5) is 17.6 Å². The van der Waals surface area contributed by atoms with Crippen molar-refractivity contribution < 1.29 is 37.1 Å². The minimum Gasteiger partial charge on any atom is -0.391 e. The monoisotopic (exact) mass is 547 g/mol. The van der Waals surface area contributed by atoms with Crippen molar-refractivity contribution in [1.29, 1.82) is 0 Å². The highest BCUT2D eigenvalue weighted by molar-refractivity contribution is 6.31. The largest absolute Gasteiger partial charge is 0.417 e. The van der Waals surface area contributed by atoms with Crippen molar-refractivity contribution in [2.75, 3.05) is 32.7 Å². The van der Waals surface area contributed by atoms with Gasteiger partial charge >= 0.3 is 6.18 Å². The Morgan fingerprint density at radius 2 is 1.89 bits per heavy atom. The van der Waals surface area contributed by atoms with Crippen LogP contribution < -0.4 is 0 Å². The minimum absolute atomic E-state index is 0.00690. The predicted molar refractivity (Wildman–Crippen MR) is 126 cm³/mol. The van der Waals surface area contributed by atoms with E-state index in [0.29, 0.717) is 18.5 Å². The molecule has 2 saturated heterocycles. The zero-order chi connectivity index (χ0) is 27.1. The molecule has 1 saturated carbocycles. The summed E-state index contributed by atoms with van der Waals surface area (Å²) in [7, 11) is 0. The normalized spacial score (nSPS) is 24.4. The summed E-state index contributed by atoms with van der Waals surface area (Å²) in [6.45, 7) is 2.40. The molecule has 0 radical (unpaired) electrons. The van der Waals surface area contributed by atoms with Crippen molar-refractivity contribution in [3.8, 4) is 0 Å². The Labute approximate surface area is 217 Å². The molecule has 1 aliphatic carbocycles. The lowest BCUT2D eigenvalue weighted by molar-refractivity contribution is -0.151. The lowest BCUT2D eigenvalue weighted by Crippen LogP contribution is -2.58. The van der Waals surface area contributed by atoms with E-state index in [0.717, 1.165) is 25.0 Å². The zero-order valence-electron chi connectivity index (χ0n) is 20.4. The lowest BCUT2D eigenvalue weighted by atomic mass is 9.90. The summed E-state index contributed by atoms with van der Waals surface area (Å²) in [5, 5.41) is 9.76. The molecule has 0 unspecified atom stereocenters. The molecule has 3 amide bonds. The van der Waals surface area contributed by atoms with Crippen molar-refractivity contribution in [2.45, 2.75) is 63.5 Å². The number of amides is 3. The fraction of sp³-hybridized carbons (Fsp3) is 0.640. The summed E-state index contributed by atoms with van der Waals surface area (Å²) in [5.74, 6) is -1.51. The van der Waals surface area contributed by atoms with Gasteiger partial charge in [0.15, 0.2) is 6.17 Å². The highest BCUT2D eigenvalue weighted by Crippen LogP contribution is 2.53. The Morgan fingerprint density at radius 1 is 1.19 bits per heavy atom. The van der Waals surface area contributed by atoms with Crippen LogP contribution in [0.1, 0.15) is 43.7 Å². The number of hydrogen-bond acceptors (Lipinski definition) is 4. The van der Waals surface area contributed by atoms with Gasteiger partial charge in [0.05, 0.1) is 23.1 Å². The topological polar surface area (TPSA) is 81.2 Å². The highest BCUT2D eigenvalue weighted by atomic mass is 35.5. The summed E-state index contributed by atoms with van der Waals surface area (Å²) >= 11 is 5.73. The number of carbonyl (C=O) groups is 3. The molecule has 3 fully saturated rings. The van der Waals surface area contributed by atoms with Gasteiger partial charge in [0.2, 0.25) is 11.8 Å². The van der Waals surface area contributed by atoms with Crippen LogP contribution in [0.25, 0.3) is 0 Å². The van der Waals surface area contributed by atoms with Gasteiger partial charge in [0, 0.05) is 39.1 Å². The average Bonchev–Trinajstić information content (AvgIpc) is 3.61. The lowest BCUT2D eigenvalue weighted by Gasteiger charge is -2.40. The second-order valence-electron chi connectivity index (χ2n) is 10.2. The number of β-amino-alcohol motifs (C(OH)–C–C–N with tert-alkyl or cyclic N) is 1. The molecule has 3 atom stereocenters. The first kappa shape index (κ1) is 27.6. The second-order valence-corrected chi connectivity index (χ2v) is 10.7. The quantitative estimate of drug-likeness (QED) is 0.555. The van der Waals surface area contributed by atoms with Gasteiger partial charge in [0.25, 0.3) is 5.91 Å². The molecule has 1 spiro atoms. The molecular weight excluding hydrogens is 518 g/mol. The standard InChI is InChI=1S/C25H30ClF4N3O4/c1-15-22(36)31(8-4-19(27)23(37)32-9-7-24(5-6-24)20(34)14-32)10-11-33(15)21(35)13-16-2-3-17(18(26)12-16)25(28,29)30/h2-3,12,15,19-20,34H,4-11,13-14H2,1H3/t15-,19-,20+/m0/s1. The first-order chi connectivity index (χ1) is 17.3. The fourth-order valence-corrected chi connectivity index (χ4v) is 5.53. The summed E-state index contributed by atoms with van der Waals surface area (Å²) < 4.78 is 53.4. The number of likely N-dealkylation sites (tertiary alicyclic amines) is 1. The first-order valence-corrected chi connectivity index (χ1v) is 12.7. The number of piperidine rings is 1. The van der Waals surface area contributed by atoms with Gasteiger partial charge in [-0.15, -0.1) is 0 Å². The Morgan fingerprint density at radius 3 is 2.49 bits per heavy atom. The number of hydrogen-bond donors (Lipinski definition) is 1. The molecule has 204 valence electrons. The Hall–Kier alpha value is -2.40. The summed E-state index contributed by atoms with van der Waals surface area (Å²) in [5.41, 5.74) is -0.795. The molecule has 12 heteroatoms. The fourth-order valence-electron chi connectivity index (χ4n) is 5.22. The average molecular weight is 548 g/mol. The smallest absolute Gasteiger partial charge is 0.391 e. The molecular formula is C25H30ClF4N3O4. The maximum Gasteiger partial charge on any atom is 0.417 e. The van der Waals surface area contributed by atoms with E-state index in [1.165, 1.54) is 27.7 Å². The summed E-state index contributed by atoms with van der Waals surface area (Å²) in [6, 6.07) is 2.25. The molecule has 37 heavy (non-hydrogen) atoms. The third-order valence-electron chi connectivity index (χ3n) is 7.87. The molecule has 1 aromatic rings. The van der Waals surface area contributed by atoms with E-state index in [-0.39, 0.29) is 44.4 Å². The van der Waals surface area contributed by atoms with Crippen LogP contribution in [-0.2, 0) is 27.0 Å². The van der Waals surface area contributed by atoms with Gasteiger partial charge in [0.1, 0.15) is 6.04 Å². The van der Waals surface area contributed by atoms with Crippen molar-refractivity contribution in [3.63, 3.8) is 0 Å². The van der Waals surface area contributed by atoms with Crippen molar-refractivity contribution >= 4 is 29.3 Å². The number of aliphatic hydroxyl groups excluding tert-OH is 1. The van der Waals surface area contributed by atoms with Crippen LogP contribution in [0.2, 0.25) is 5.02 Å². The summed E-state index contributed by atoms with van der Waals surface area (Å²) in [6.07, 6.45) is -4.92. The number of aliphatic hydroxyl groups is 1. The number of rotatable bonds is 6. The van der Waals surface area contributed by atoms with Gasteiger partial charge in [-0.05, 0) is 49.3 Å². The number of benzene rings is 1. The molecule has 4 rings (SSSR count). The van der Waals surface area contributed by atoms with Crippen LogP contribution in [0.5, 0.6) is 0 Å². The molecule has 1 N–H and O–H groups in total. The Kier molecular flexibility index (Phi) is 7.77. The number of carbonyl (C=O) groups excluding carboxylic acids is 3.